The highest BCUT2D eigenvalue weighted by Gasteiger charge is 2.34. The van der Waals surface area contributed by atoms with Crippen molar-refractivity contribution in [2.75, 3.05) is 6.54 Å². The first-order valence-electron chi connectivity index (χ1n) is 8.74. The molecular weight excluding hydrogens is 346 g/mol. The van der Waals surface area contributed by atoms with Crippen LogP contribution in [0.25, 0.3) is 10.8 Å². The van der Waals surface area contributed by atoms with Gasteiger partial charge in [-0.05, 0) is 28.1 Å². The molecule has 1 aliphatic rings. The lowest BCUT2D eigenvalue weighted by atomic mass is 9.76. The highest BCUT2D eigenvalue weighted by Crippen LogP contribution is 2.24. The normalized spacial score (nSPS) is 14.4. The summed E-state index contributed by atoms with van der Waals surface area (Å²) in [6, 6.07) is 10.8. The monoisotopic (exact) mass is 364 g/mol. The molecule has 27 heavy (non-hydrogen) atoms. The van der Waals surface area contributed by atoms with Crippen molar-refractivity contribution in [1.29, 1.82) is 0 Å². The molecule has 0 amide bonds. The van der Waals surface area contributed by atoms with Gasteiger partial charge in [0.25, 0.3) is 0 Å². The van der Waals surface area contributed by atoms with Gasteiger partial charge in [-0.3, -0.25) is 9.78 Å². The summed E-state index contributed by atoms with van der Waals surface area (Å²) in [5.41, 5.74) is 7.55. The third-order valence-electron chi connectivity index (χ3n) is 5.03. The molecule has 0 aliphatic carbocycles. The molecule has 0 spiro atoms. The van der Waals surface area contributed by atoms with Crippen LogP contribution in [0.1, 0.15) is 22.6 Å². The fourth-order valence-corrected chi connectivity index (χ4v) is 3.56. The molecule has 4 rings (SSSR count). The molecule has 0 unspecified atom stereocenters. The average molecular weight is 364 g/mol. The van der Waals surface area contributed by atoms with Crippen LogP contribution in [0.15, 0.2) is 48.8 Å². The van der Waals surface area contributed by atoms with E-state index < -0.39 is 18.9 Å². The number of ketones is 1. The zero-order chi connectivity index (χ0) is 19.0. The molecular formula is C20H18BFN2O3. The summed E-state index contributed by atoms with van der Waals surface area (Å²) in [6.07, 6.45) is 3.61. The van der Waals surface area contributed by atoms with Gasteiger partial charge in [0.15, 0.2) is 0 Å². The van der Waals surface area contributed by atoms with Gasteiger partial charge >= 0.3 is 7.12 Å². The molecule has 0 saturated carbocycles. The number of Topliss-reactive ketones (excluding diaryl/α,β-unsaturated/α-hetero) is 1. The summed E-state index contributed by atoms with van der Waals surface area (Å²) < 4.78 is 20.0. The standard InChI is InChI=1S/C20H18BFN2O3/c22-20-16(4-3-15-11-27-21(26)19(15)20)17(9-23)18(25)8-12-1-2-14-10-24-6-5-13(14)7-12/h1-7,10,17,26H,8-9,11,23H2/t17-/m1/s1. The second-order valence-electron chi connectivity index (χ2n) is 6.69. The number of carbonyl (C=O) groups excluding carboxylic acids is 1. The Balaban J connectivity index is 1.62. The van der Waals surface area contributed by atoms with Crippen LogP contribution >= 0.6 is 0 Å². The molecule has 1 aromatic heterocycles. The van der Waals surface area contributed by atoms with Crippen LogP contribution < -0.4 is 11.2 Å². The number of nitrogens with two attached hydrogens (primary N) is 1. The van der Waals surface area contributed by atoms with Crippen molar-refractivity contribution < 1.29 is 18.9 Å². The summed E-state index contributed by atoms with van der Waals surface area (Å²) in [7, 11) is -1.30. The smallest absolute Gasteiger partial charge is 0.423 e. The highest BCUT2D eigenvalue weighted by atomic mass is 19.1. The quantitative estimate of drug-likeness (QED) is 0.670. The molecule has 136 valence electrons. The van der Waals surface area contributed by atoms with E-state index in [0.717, 1.165) is 16.3 Å². The lowest BCUT2D eigenvalue weighted by Gasteiger charge is -2.17. The lowest BCUT2D eigenvalue weighted by Crippen LogP contribution is -2.34. The SMILES string of the molecule is NC[C@@H](C(=O)Cc1ccc2cnccc2c1)c1ccc2c(c1F)B(O)OC2. The van der Waals surface area contributed by atoms with Gasteiger partial charge in [0.1, 0.15) is 11.6 Å². The van der Waals surface area contributed by atoms with Gasteiger partial charge in [-0.25, -0.2) is 4.39 Å². The van der Waals surface area contributed by atoms with Crippen molar-refractivity contribution in [2.45, 2.75) is 18.9 Å². The van der Waals surface area contributed by atoms with Crippen molar-refractivity contribution in [2.24, 2.45) is 5.73 Å². The summed E-state index contributed by atoms with van der Waals surface area (Å²) in [4.78, 5) is 16.9. The minimum absolute atomic E-state index is 0.0109. The van der Waals surface area contributed by atoms with E-state index >= 15 is 0 Å². The molecule has 2 heterocycles. The van der Waals surface area contributed by atoms with E-state index in [1.165, 1.54) is 0 Å². The number of hydrogen-bond donors (Lipinski definition) is 2. The first-order valence-corrected chi connectivity index (χ1v) is 8.74. The third-order valence-corrected chi connectivity index (χ3v) is 5.03. The second kappa shape index (κ2) is 7.19. The molecule has 5 nitrogen and oxygen atoms in total. The number of aromatic nitrogens is 1. The average Bonchev–Trinajstić information content (AvgIpc) is 3.05. The van der Waals surface area contributed by atoms with E-state index in [2.05, 4.69) is 4.98 Å². The fourth-order valence-electron chi connectivity index (χ4n) is 3.56. The number of carbonyl (C=O) groups is 1. The van der Waals surface area contributed by atoms with Gasteiger partial charge in [0.05, 0.1) is 12.5 Å². The van der Waals surface area contributed by atoms with Crippen molar-refractivity contribution in [1.82, 2.24) is 4.98 Å². The van der Waals surface area contributed by atoms with Crippen LogP contribution in [-0.4, -0.2) is 29.5 Å². The summed E-state index contributed by atoms with van der Waals surface area (Å²) in [5.74, 6) is -1.56. The molecule has 0 fully saturated rings. The van der Waals surface area contributed by atoms with Crippen molar-refractivity contribution in [3.8, 4) is 0 Å². The van der Waals surface area contributed by atoms with Gasteiger partial charge in [0, 0.05) is 36.2 Å². The summed E-state index contributed by atoms with van der Waals surface area (Å²) >= 11 is 0. The van der Waals surface area contributed by atoms with Gasteiger partial charge in [-0.1, -0.05) is 30.3 Å². The van der Waals surface area contributed by atoms with Crippen LogP contribution in [0, 0.1) is 5.82 Å². The van der Waals surface area contributed by atoms with Crippen LogP contribution in [-0.2, 0) is 22.5 Å². The second-order valence-corrected chi connectivity index (χ2v) is 6.69. The summed E-state index contributed by atoms with van der Waals surface area (Å²) in [5, 5.41) is 11.8. The van der Waals surface area contributed by atoms with Crippen molar-refractivity contribution >= 4 is 29.1 Å². The number of rotatable bonds is 5. The Bertz CT molecular complexity index is 1030. The van der Waals surface area contributed by atoms with Crippen LogP contribution in [0.2, 0.25) is 0 Å². The maximum Gasteiger partial charge on any atom is 0.494 e. The van der Waals surface area contributed by atoms with Crippen LogP contribution in [0.4, 0.5) is 4.39 Å². The molecule has 7 heteroatoms. The number of halogens is 1. The van der Waals surface area contributed by atoms with Gasteiger partial charge in [-0.2, -0.15) is 0 Å². The van der Waals surface area contributed by atoms with Gasteiger partial charge < -0.3 is 15.4 Å². The topological polar surface area (TPSA) is 85.4 Å². The zero-order valence-corrected chi connectivity index (χ0v) is 14.6. The van der Waals surface area contributed by atoms with E-state index in [9.17, 15) is 14.2 Å². The first kappa shape index (κ1) is 17.8. The lowest BCUT2D eigenvalue weighted by molar-refractivity contribution is -0.119. The molecule has 3 N–H and O–H groups in total. The maximum atomic E-state index is 14.9. The fraction of sp³-hybridized carbons (Fsp3) is 0.200. The zero-order valence-electron chi connectivity index (χ0n) is 14.6. The maximum absolute atomic E-state index is 14.9. The molecule has 1 aliphatic heterocycles. The van der Waals surface area contributed by atoms with E-state index in [0.29, 0.717) is 5.56 Å². The number of pyridine rings is 1. The van der Waals surface area contributed by atoms with Crippen molar-refractivity contribution in [3.05, 3.63) is 71.3 Å². The minimum atomic E-state index is -1.30. The number of fused-ring (bicyclic) bond motifs is 2. The van der Waals surface area contributed by atoms with E-state index in [-0.39, 0.29) is 36.4 Å². The third kappa shape index (κ3) is 3.25. The molecule has 3 aromatic rings. The number of benzene rings is 2. The Labute approximate surface area is 156 Å². The summed E-state index contributed by atoms with van der Waals surface area (Å²) in [6.45, 7) is 0.143. The molecule has 0 bridgehead atoms. The minimum Gasteiger partial charge on any atom is -0.423 e. The van der Waals surface area contributed by atoms with Crippen LogP contribution in [0.3, 0.4) is 0 Å². The Kier molecular flexibility index (Phi) is 4.74. The van der Waals surface area contributed by atoms with E-state index in [1.807, 2.05) is 24.3 Å². The largest absolute Gasteiger partial charge is 0.494 e. The van der Waals surface area contributed by atoms with Gasteiger partial charge in [0.2, 0.25) is 0 Å². The predicted octanol–water partition coefficient (Wildman–Crippen LogP) is 1.45. The molecule has 2 aromatic carbocycles. The van der Waals surface area contributed by atoms with Crippen LogP contribution in [0.5, 0.6) is 0 Å². The Hall–Kier alpha value is -2.61. The Morgan fingerprint density at radius 3 is 2.96 bits per heavy atom. The highest BCUT2D eigenvalue weighted by molar-refractivity contribution is 6.61. The molecule has 0 radical (unpaired) electrons. The van der Waals surface area contributed by atoms with Gasteiger partial charge in [-0.15, -0.1) is 0 Å². The Morgan fingerprint density at radius 2 is 2.15 bits per heavy atom. The first-order chi connectivity index (χ1) is 13.1. The van der Waals surface area contributed by atoms with Crippen molar-refractivity contribution in [3.63, 3.8) is 0 Å². The molecule has 1 atom stereocenters. The number of nitrogens with zero attached hydrogens (tertiary/aromatic N) is 1. The van der Waals surface area contributed by atoms with E-state index in [1.54, 1.807) is 24.5 Å². The predicted molar refractivity (Wildman–Crippen MR) is 101 cm³/mol. The van der Waals surface area contributed by atoms with E-state index in [4.69, 9.17) is 10.4 Å². The Morgan fingerprint density at radius 1 is 1.30 bits per heavy atom. The molecule has 0 saturated heterocycles. The number of hydrogen-bond acceptors (Lipinski definition) is 5.